The summed E-state index contributed by atoms with van der Waals surface area (Å²) in [5, 5.41) is 0. The van der Waals surface area contributed by atoms with Gasteiger partial charge in [-0.3, -0.25) is 9.78 Å². The van der Waals surface area contributed by atoms with Crippen LogP contribution in [0.5, 0.6) is 0 Å². The zero-order valence-electron chi connectivity index (χ0n) is 11.3. The minimum Gasteiger partial charge on any atom is -0.464 e. The molecule has 0 radical (unpaired) electrons. The molecule has 1 unspecified atom stereocenters. The summed E-state index contributed by atoms with van der Waals surface area (Å²) in [5.74, 6) is -0.245. The van der Waals surface area contributed by atoms with Gasteiger partial charge < -0.3 is 9.64 Å². The number of carbonyl (C=O) groups is 2. The molecule has 5 heteroatoms. The zero-order chi connectivity index (χ0) is 13.8. The summed E-state index contributed by atoms with van der Waals surface area (Å²) in [4.78, 5) is 29.2. The second-order valence-corrected chi connectivity index (χ2v) is 4.56. The molecule has 0 saturated carbocycles. The molecule has 0 bridgehead atoms. The van der Waals surface area contributed by atoms with Crippen molar-refractivity contribution in [3.05, 3.63) is 24.0 Å². The van der Waals surface area contributed by atoms with Gasteiger partial charge in [0.05, 0.1) is 18.5 Å². The molecule has 19 heavy (non-hydrogen) atoms. The van der Waals surface area contributed by atoms with Crippen LogP contribution >= 0.6 is 0 Å². The average Bonchev–Trinajstić information content (AvgIpc) is 2.88. The van der Waals surface area contributed by atoms with Gasteiger partial charge in [-0.1, -0.05) is 0 Å². The van der Waals surface area contributed by atoms with Gasteiger partial charge in [0.15, 0.2) is 5.78 Å². The summed E-state index contributed by atoms with van der Waals surface area (Å²) in [7, 11) is 0. The normalized spacial score (nSPS) is 18.4. The predicted octanol–water partition coefficient (Wildman–Crippen LogP) is 1.82. The quantitative estimate of drug-likeness (QED) is 0.612. The SMILES string of the molecule is CCOC(=O)C1CCCN1c1ccc(C(C)=O)nc1. The van der Waals surface area contributed by atoms with E-state index in [-0.39, 0.29) is 17.8 Å². The Hall–Kier alpha value is -1.91. The second kappa shape index (κ2) is 5.82. The molecule has 1 aliphatic heterocycles. The van der Waals surface area contributed by atoms with E-state index >= 15 is 0 Å². The van der Waals surface area contributed by atoms with Crippen molar-refractivity contribution in [1.29, 1.82) is 0 Å². The summed E-state index contributed by atoms with van der Waals surface area (Å²) in [5.41, 5.74) is 1.30. The highest BCUT2D eigenvalue weighted by molar-refractivity contribution is 5.92. The van der Waals surface area contributed by atoms with Gasteiger partial charge in [-0.2, -0.15) is 0 Å². The average molecular weight is 262 g/mol. The highest BCUT2D eigenvalue weighted by Crippen LogP contribution is 2.25. The van der Waals surface area contributed by atoms with Gasteiger partial charge >= 0.3 is 5.97 Å². The van der Waals surface area contributed by atoms with Gasteiger partial charge in [-0.05, 0) is 31.9 Å². The molecule has 0 aliphatic carbocycles. The first-order valence-corrected chi connectivity index (χ1v) is 6.53. The van der Waals surface area contributed by atoms with E-state index in [0.717, 1.165) is 25.1 Å². The zero-order valence-corrected chi connectivity index (χ0v) is 11.3. The molecule has 2 rings (SSSR count). The van der Waals surface area contributed by atoms with Crippen molar-refractivity contribution in [2.75, 3.05) is 18.1 Å². The fourth-order valence-corrected chi connectivity index (χ4v) is 2.32. The Kier molecular flexibility index (Phi) is 4.14. The number of hydrogen-bond donors (Lipinski definition) is 0. The highest BCUT2D eigenvalue weighted by Gasteiger charge is 2.32. The third kappa shape index (κ3) is 2.92. The lowest BCUT2D eigenvalue weighted by Crippen LogP contribution is -2.37. The number of anilines is 1. The number of ether oxygens (including phenoxy) is 1. The number of hydrogen-bond acceptors (Lipinski definition) is 5. The number of rotatable bonds is 4. The van der Waals surface area contributed by atoms with Crippen molar-refractivity contribution in [3.8, 4) is 0 Å². The largest absolute Gasteiger partial charge is 0.464 e. The summed E-state index contributed by atoms with van der Waals surface area (Å²) < 4.78 is 5.08. The fraction of sp³-hybridized carbons (Fsp3) is 0.500. The van der Waals surface area contributed by atoms with E-state index in [9.17, 15) is 9.59 Å². The van der Waals surface area contributed by atoms with Crippen LogP contribution in [-0.4, -0.2) is 35.9 Å². The molecule has 1 saturated heterocycles. The van der Waals surface area contributed by atoms with Crippen LogP contribution in [0.2, 0.25) is 0 Å². The van der Waals surface area contributed by atoms with E-state index in [1.165, 1.54) is 6.92 Å². The predicted molar refractivity (Wildman–Crippen MR) is 71.2 cm³/mol. The lowest BCUT2D eigenvalue weighted by atomic mass is 10.2. The first kappa shape index (κ1) is 13.5. The maximum absolute atomic E-state index is 11.9. The Labute approximate surface area is 112 Å². The Bertz CT molecular complexity index is 470. The Morgan fingerprint density at radius 2 is 2.26 bits per heavy atom. The number of aromatic nitrogens is 1. The molecule has 1 aromatic rings. The number of pyridine rings is 1. The summed E-state index contributed by atoms with van der Waals surface area (Å²) in [6.07, 6.45) is 3.40. The number of esters is 1. The lowest BCUT2D eigenvalue weighted by molar-refractivity contribution is -0.144. The molecule has 5 nitrogen and oxygen atoms in total. The van der Waals surface area contributed by atoms with Gasteiger partial charge in [0, 0.05) is 13.5 Å². The minimum atomic E-state index is -0.232. The van der Waals surface area contributed by atoms with Crippen molar-refractivity contribution in [1.82, 2.24) is 4.98 Å². The van der Waals surface area contributed by atoms with E-state index in [1.54, 1.807) is 19.2 Å². The van der Waals surface area contributed by atoms with Crippen molar-refractivity contribution in [3.63, 3.8) is 0 Å². The molecule has 0 aromatic carbocycles. The first-order chi connectivity index (χ1) is 9.13. The Morgan fingerprint density at radius 3 is 2.84 bits per heavy atom. The van der Waals surface area contributed by atoms with Gasteiger partial charge in [0.2, 0.25) is 0 Å². The molecule has 1 aromatic heterocycles. The minimum absolute atomic E-state index is 0.0603. The maximum Gasteiger partial charge on any atom is 0.328 e. The Balaban J connectivity index is 2.15. The Morgan fingerprint density at radius 1 is 1.47 bits per heavy atom. The monoisotopic (exact) mass is 262 g/mol. The molecule has 102 valence electrons. The molecule has 0 spiro atoms. The number of ketones is 1. The highest BCUT2D eigenvalue weighted by atomic mass is 16.5. The maximum atomic E-state index is 11.9. The van der Waals surface area contributed by atoms with Crippen LogP contribution in [0.4, 0.5) is 5.69 Å². The van der Waals surface area contributed by atoms with Crippen molar-refractivity contribution in [2.45, 2.75) is 32.7 Å². The summed E-state index contributed by atoms with van der Waals surface area (Å²) >= 11 is 0. The van der Waals surface area contributed by atoms with Crippen molar-refractivity contribution < 1.29 is 14.3 Å². The van der Waals surface area contributed by atoms with E-state index in [0.29, 0.717) is 12.3 Å². The summed E-state index contributed by atoms with van der Waals surface area (Å²) in [6, 6.07) is 3.30. The molecular weight excluding hydrogens is 244 g/mol. The summed E-state index contributed by atoms with van der Waals surface area (Å²) in [6.45, 7) is 4.49. The smallest absolute Gasteiger partial charge is 0.328 e. The molecule has 0 amide bonds. The standard InChI is InChI=1S/C14H18N2O3/c1-3-19-14(18)13-5-4-8-16(13)11-6-7-12(10(2)17)15-9-11/h6-7,9,13H,3-5,8H2,1-2H3. The van der Waals surface area contributed by atoms with Crippen LogP contribution in [-0.2, 0) is 9.53 Å². The molecule has 1 fully saturated rings. The van der Waals surface area contributed by atoms with E-state index in [4.69, 9.17) is 4.74 Å². The van der Waals surface area contributed by atoms with Crippen molar-refractivity contribution >= 4 is 17.4 Å². The molecular formula is C14H18N2O3. The van der Waals surface area contributed by atoms with Crippen LogP contribution < -0.4 is 4.90 Å². The number of carbonyl (C=O) groups excluding carboxylic acids is 2. The molecule has 0 N–H and O–H groups in total. The van der Waals surface area contributed by atoms with E-state index in [1.807, 2.05) is 11.0 Å². The van der Waals surface area contributed by atoms with Crippen LogP contribution in [0.15, 0.2) is 18.3 Å². The lowest BCUT2D eigenvalue weighted by Gasteiger charge is -2.24. The van der Waals surface area contributed by atoms with Gasteiger partial charge in [-0.25, -0.2) is 4.79 Å². The fourth-order valence-electron chi connectivity index (χ4n) is 2.32. The van der Waals surface area contributed by atoms with Gasteiger partial charge in [0.1, 0.15) is 11.7 Å². The first-order valence-electron chi connectivity index (χ1n) is 6.53. The van der Waals surface area contributed by atoms with Crippen LogP contribution in [0.25, 0.3) is 0 Å². The molecule has 1 aliphatic rings. The number of nitrogens with zero attached hydrogens (tertiary/aromatic N) is 2. The van der Waals surface area contributed by atoms with E-state index < -0.39 is 0 Å². The topological polar surface area (TPSA) is 59.5 Å². The van der Waals surface area contributed by atoms with Crippen LogP contribution in [0, 0.1) is 0 Å². The molecule has 1 atom stereocenters. The third-order valence-corrected chi connectivity index (χ3v) is 3.25. The van der Waals surface area contributed by atoms with Gasteiger partial charge in [0.25, 0.3) is 0 Å². The van der Waals surface area contributed by atoms with Gasteiger partial charge in [-0.15, -0.1) is 0 Å². The van der Waals surface area contributed by atoms with Crippen molar-refractivity contribution in [2.24, 2.45) is 0 Å². The molecule has 2 heterocycles. The van der Waals surface area contributed by atoms with Crippen LogP contribution in [0.3, 0.4) is 0 Å². The number of Topliss-reactive ketones (excluding diaryl/α,β-unsaturated/α-hetero) is 1. The van der Waals surface area contributed by atoms with E-state index in [2.05, 4.69) is 4.98 Å². The second-order valence-electron chi connectivity index (χ2n) is 4.56. The third-order valence-electron chi connectivity index (χ3n) is 3.25. The van der Waals surface area contributed by atoms with Crippen LogP contribution in [0.1, 0.15) is 37.2 Å².